The van der Waals surface area contributed by atoms with Crippen molar-refractivity contribution in [2.45, 2.75) is 32.4 Å². The van der Waals surface area contributed by atoms with Crippen LogP contribution in [0.3, 0.4) is 0 Å². The number of aryl methyl sites for hydroxylation is 1. The van der Waals surface area contributed by atoms with Crippen LogP contribution in [0.1, 0.15) is 24.4 Å². The maximum atomic E-state index is 10.1. The molecule has 2 aromatic rings. The van der Waals surface area contributed by atoms with Crippen molar-refractivity contribution in [3.63, 3.8) is 0 Å². The zero-order valence-corrected chi connectivity index (χ0v) is 13.5. The van der Waals surface area contributed by atoms with Crippen LogP contribution in [0.4, 0.5) is 0 Å². The molecule has 0 spiro atoms. The van der Waals surface area contributed by atoms with Gasteiger partial charge in [-0.1, -0.05) is 18.2 Å². The normalized spacial score (nSPS) is 13.1. The Morgan fingerprint density at radius 1 is 1.38 bits per heavy atom. The topological polar surface area (TPSA) is 54.4 Å². The number of nitrogens with one attached hydrogen (secondary N) is 1. The van der Waals surface area contributed by atoms with Gasteiger partial charge in [0.1, 0.15) is 23.5 Å². The first-order valence-electron chi connectivity index (χ1n) is 7.00. The number of aromatic nitrogens is 1. The molecule has 1 atom stereocenters. The Morgan fingerprint density at radius 2 is 2.14 bits per heavy atom. The Morgan fingerprint density at radius 3 is 2.81 bits per heavy atom. The number of rotatable bonds is 7. The van der Waals surface area contributed by atoms with E-state index < -0.39 is 6.10 Å². The number of ether oxygens (including phenoxy) is 1. The maximum Gasteiger partial charge on any atom is 0.122 e. The lowest BCUT2D eigenvalue weighted by molar-refractivity contribution is 0.0984. The zero-order chi connectivity index (χ0) is 15.3. The summed E-state index contributed by atoms with van der Waals surface area (Å²) < 4.78 is 5.65. The summed E-state index contributed by atoms with van der Waals surface area (Å²) in [6, 6.07) is 7.80. The van der Waals surface area contributed by atoms with Crippen molar-refractivity contribution in [3.8, 4) is 5.75 Å². The molecule has 1 heterocycles. The van der Waals surface area contributed by atoms with E-state index in [1.54, 1.807) is 17.5 Å². The average molecular weight is 306 g/mol. The third-order valence-electron chi connectivity index (χ3n) is 3.27. The second-order valence-electron chi connectivity index (χ2n) is 5.57. The van der Waals surface area contributed by atoms with Crippen molar-refractivity contribution < 1.29 is 9.84 Å². The molecule has 1 aromatic carbocycles. The van der Waals surface area contributed by atoms with Gasteiger partial charge in [-0.15, -0.1) is 11.3 Å². The fourth-order valence-electron chi connectivity index (χ4n) is 1.94. The van der Waals surface area contributed by atoms with Crippen LogP contribution in [-0.2, 0) is 5.54 Å². The fourth-order valence-corrected chi connectivity index (χ4v) is 2.68. The Bertz CT molecular complexity index is 555. The number of hydrogen-bond acceptors (Lipinski definition) is 5. The van der Waals surface area contributed by atoms with Crippen molar-refractivity contribution >= 4 is 11.3 Å². The number of thiazole rings is 1. The summed E-state index contributed by atoms with van der Waals surface area (Å²) in [5, 5.41) is 16.4. The van der Waals surface area contributed by atoms with Crippen molar-refractivity contribution in [3.05, 3.63) is 46.4 Å². The Hall–Kier alpha value is -1.43. The second kappa shape index (κ2) is 7.02. The number of aliphatic hydroxyl groups excluding tert-OH is 1. The average Bonchev–Trinajstić information content (AvgIpc) is 2.99. The van der Waals surface area contributed by atoms with Gasteiger partial charge in [-0.25, -0.2) is 4.98 Å². The Balaban J connectivity index is 1.80. The van der Waals surface area contributed by atoms with Crippen LogP contribution in [0, 0.1) is 6.92 Å². The molecule has 0 aliphatic rings. The van der Waals surface area contributed by atoms with Gasteiger partial charge in [-0.3, -0.25) is 0 Å². The Labute approximate surface area is 129 Å². The summed E-state index contributed by atoms with van der Waals surface area (Å²) in [6.45, 7) is 6.83. The summed E-state index contributed by atoms with van der Waals surface area (Å²) in [7, 11) is 0. The van der Waals surface area contributed by atoms with E-state index in [0.717, 1.165) is 16.3 Å². The second-order valence-corrected chi connectivity index (χ2v) is 6.47. The summed E-state index contributed by atoms with van der Waals surface area (Å²) >= 11 is 1.61. The SMILES string of the molecule is Cc1ccccc1OCC(O)CNC(C)(C)c1nccs1. The minimum absolute atomic E-state index is 0.252. The van der Waals surface area contributed by atoms with E-state index in [9.17, 15) is 5.11 Å². The summed E-state index contributed by atoms with van der Waals surface area (Å²) in [5.41, 5.74) is 0.818. The van der Waals surface area contributed by atoms with E-state index >= 15 is 0 Å². The molecule has 0 aliphatic heterocycles. The van der Waals surface area contributed by atoms with Crippen LogP contribution in [-0.4, -0.2) is 29.3 Å². The van der Waals surface area contributed by atoms with Crippen molar-refractivity contribution in [2.75, 3.05) is 13.2 Å². The Kier molecular flexibility index (Phi) is 5.33. The van der Waals surface area contributed by atoms with Crippen LogP contribution in [0.5, 0.6) is 5.75 Å². The first kappa shape index (κ1) is 15.9. The van der Waals surface area contributed by atoms with Crippen molar-refractivity contribution in [1.29, 1.82) is 0 Å². The smallest absolute Gasteiger partial charge is 0.122 e. The third kappa shape index (κ3) is 4.52. The van der Waals surface area contributed by atoms with E-state index in [-0.39, 0.29) is 12.1 Å². The predicted molar refractivity (Wildman–Crippen MR) is 85.8 cm³/mol. The minimum atomic E-state index is -0.566. The predicted octanol–water partition coefficient (Wildman–Crippen LogP) is 2.72. The van der Waals surface area contributed by atoms with Gasteiger partial charge in [-0.05, 0) is 32.4 Å². The molecule has 0 saturated heterocycles. The lowest BCUT2D eigenvalue weighted by Crippen LogP contribution is -2.42. The standard InChI is InChI=1S/C16H22N2O2S/c1-12-6-4-5-7-14(12)20-11-13(19)10-18-16(2,3)15-17-8-9-21-15/h4-9,13,18-19H,10-11H2,1-3H3. The fraction of sp³-hybridized carbons (Fsp3) is 0.438. The van der Waals surface area contributed by atoms with Gasteiger partial charge in [0.15, 0.2) is 0 Å². The molecule has 0 radical (unpaired) electrons. The van der Waals surface area contributed by atoms with Gasteiger partial charge in [0.25, 0.3) is 0 Å². The highest BCUT2D eigenvalue weighted by atomic mass is 32.1. The number of aliphatic hydroxyl groups is 1. The van der Waals surface area contributed by atoms with Crippen LogP contribution < -0.4 is 10.1 Å². The van der Waals surface area contributed by atoms with Crippen molar-refractivity contribution in [2.24, 2.45) is 0 Å². The molecule has 1 unspecified atom stereocenters. The van der Waals surface area contributed by atoms with E-state index in [2.05, 4.69) is 24.1 Å². The molecule has 0 saturated carbocycles. The largest absolute Gasteiger partial charge is 0.491 e. The lowest BCUT2D eigenvalue weighted by Gasteiger charge is -2.25. The first-order chi connectivity index (χ1) is 9.99. The first-order valence-corrected chi connectivity index (χ1v) is 7.88. The zero-order valence-electron chi connectivity index (χ0n) is 12.7. The molecule has 0 aliphatic carbocycles. The molecule has 0 bridgehead atoms. The molecule has 4 nitrogen and oxygen atoms in total. The summed E-state index contributed by atoms with van der Waals surface area (Å²) in [4.78, 5) is 4.31. The van der Waals surface area contributed by atoms with Gasteiger partial charge in [0.05, 0.1) is 5.54 Å². The molecule has 21 heavy (non-hydrogen) atoms. The van der Waals surface area contributed by atoms with Gasteiger partial charge in [-0.2, -0.15) is 0 Å². The highest BCUT2D eigenvalue weighted by molar-refractivity contribution is 7.09. The molecular formula is C16H22N2O2S. The highest BCUT2D eigenvalue weighted by Gasteiger charge is 2.23. The van der Waals surface area contributed by atoms with Crippen LogP contribution in [0.2, 0.25) is 0 Å². The molecule has 1 aromatic heterocycles. The monoisotopic (exact) mass is 306 g/mol. The molecule has 114 valence electrons. The number of nitrogens with zero attached hydrogens (tertiary/aromatic N) is 1. The maximum absolute atomic E-state index is 10.1. The van der Waals surface area contributed by atoms with Crippen LogP contribution in [0.25, 0.3) is 0 Å². The number of para-hydroxylation sites is 1. The summed E-state index contributed by atoms with van der Waals surface area (Å²) in [6.07, 6.45) is 1.23. The van der Waals surface area contributed by atoms with E-state index in [4.69, 9.17) is 4.74 Å². The van der Waals surface area contributed by atoms with E-state index in [0.29, 0.717) is 6.54 Å². The highest BCUT2D eigenvalue weighted by Crippen LogP contribution is 2.22. The summed E-state index contributed by atoms with van der Waals surface area (Å²) in [5.74, 6) is 0.815. The van der Waals surface area contributed by atoms with Gasteiger partial charge >= 0.3 is 0 Å². The van der Waals surface area contributed by atoms with Crippen molar-refractivity contribution in [1.82, 2.24) is 10.3 Å². The van der Waals surface area contributed by atoms with Crippen LogP contribution in [0.15, 0.2) is 35.8 Å². The van der Waals surface area contributed by atoms with Gasteiger partial charge < -0.3 is 15.2 Å². The minimum Gasteiger partial charge on any atom is -0.491 e. The number of hydrogen-bond donors (Lipinski definition) is 2. The van der Waals surface area contributed by atoms with E-state index in [1.807, 2.05) is 36.6 Å². The number of benzene rings is 1. The van der Waals surface area contributed by atoms with Gasteiger partial charge in [0.2, 0.25) is 0 Å². The molecule has 2 rings (SSSR count). The van der Waals surface area contributed by atoms with Crippen LogP contribution >= 0.6 is 11.3 Å². The molecule has 0 fully saturated rings. The van der Waals surface area contributed by atoms with E-state index in [1.165, 1.54) is 0 Å². The van der Waals surface area contributed by atoms with Gasteiger partial charge in [0, 0.05) is 18.1 Å². The molecule has 5 heteroatoms. The quantitative estimate of drug-likeness (QED) is 0.826. The molecular weight excluding hydrogens is 284 g/mol. The lowest BCUT2D eigenvalue weighted by atomic mass is 10.1. The third-order valence-corrected chi connectivity index (χ3v) is 4.37. The molecule has 2 N–H and O–H groups in total. The molecule has 0 amide bonds.